The Hall–Kier alpha value is -3.38. The maximum Gasteiger partial charge on any atom is 0.210 e. The van der Waals surface area contributed by atoms with E-state index < -0.39 is 5.78 Å². The fraction of sp³-hybridized carbons (Fsp3) is 0. The fourth-order valence-corrected chi connectivity index (χ4v) is 1.84. The molecule has 0 aliphatic heterocycles. The zero-order chi connectivity index (χ0) is 17.2. The normalized spacial score (nSPS) is 11.9. The van der Waals surface area contributed by atoms with E-state index in [-0.39, 0.29) is 11.4 Å². The van der Waals surface area contributed by atoms with Crippen molar-refractivity contribution >= 4 is 28.6 Å². The van der Waals surface area contributed by atoms with Gasteiger partial charge in [0.1, 0.15) is 17.6 Å². The molecule has 6 nitrogen and oxygen atoms in total. The third-order valence-corrected chi connectivity index (χ3v) is 3.00. The summed E-state index contributed by atoms with van der Waals surface area (Å²) in [5.74, 6) is -0.451. The number of carbonyl (C=O) groups excluding carboxylic acids is 1. The van der Waals surface area contributed by atoms with Gasteiger partial charge in [0.2, 0.25) is 5.78 Å². The first-order chi connectivity index (χ1) is 11.7. The Morgan fingerprint density at radius 2 is 1.83 bits per heavy atom. The van der Waals surface area contributed by atoms with Crippen LogP contribution in [0.2, 0.25) is 0 Å². The van der Waals surface area contributed by atoms with E-state index in [4.69, 9.17) is 11.1 Å². The number of benzene rings is 1. The number of quaternary nitrogens is 1. The summed E-state index contributed by atoms with van der Waals surface area (Å²) in [5.41, 5.74) is 6.95. The van der Waals surface area contributed by atoms with Crippen LogP contribution in [-0.2, 0) is 4.79 Å². The summed E-state index contributed by atoms with van der Waals surface area (Å²) in [7, 11) is 0. The molecule has 0 aliphatic rings. The van der Waals surface area contributed by atoms with E-state index in [9.17, 15) is 4.79 Å². The zero-order valence-corrected chi connectivity index (χ0v) is 13.0. The van der Waals surface area contributed by atoms with Crippen LogP contribution < -0.4 is 11.1 Å². The topological polar surface area (TPSA) is 109 Å². The van der Waals surface area contributed by atoms with Gasteiger partial charge in [-0.2, -0.15) is 0 Å². The van der Waals surface area contributed by atoms with E-state index in [1.165, 1.54) is 18.4 Å². The highest BCUT2D eigenvalue weighted by Gasteiger charge is 2.12. The highest BCUT2D eigenvalue weighted by molar-refractivity contribution is 6.70. The largest absolute Gasteiger partial charge is 0.405 e. The molecule has 0 unspecified atom stereocenters. The van der Waals surface area contributed by atoms with Gasteiger partial charge in [-0.05, 0) is 24.4 Å². The Bertz CT molecular complexity index is 780. The van der Waals surface area contributed by atoms with Gasteiger partial charge >= 0.3 is 0 Å². The molecule has 5 N–H and O–H groups in total. The quantitative estimate of drug-likeness (QED) is 0.533. The van der Waals surface area contributed by atoms with Crippen LogP contribution in [0, 0.1) is 5.41 Å². The SMILES string of the molecule is N=C(C(=O)C=C[NH2+]c1ccncc1)C(C=CN)=Nc1ccccc1. The van der Waals surface area contributed by atoms with Crippen molar-refractivity contribution in [2.75, 3.05) is 0 Å². The molecule has 0 atom stereocenters. The predicted molar refractivity (Wildman–Crippen MR) is 94.6 cm³/mol. The van der Waals surface area contributed by atoms with Crippen LogP contribution in [-0.4, -0.2) is 22.2 Å². The summed E-state index contributed by atoms with van der Waals surface area (Å²) in [5, 5.41) is 9.79. The predicted octanol–water partition coefficient (Wildman–Crippen LogP) is 1.62. The number of ketones is 1. The minimum Gasteiger partial charge on any atom is -0.405 e. The number of nitrogens with zero attached hydrogens (tertiary/aromatic N) is 2. The van der Waals surface area contributed by atoms with Crippen molar-refractivity contribution in [1.82, 2.24) is 4.98 Å². The number of pyridine rings is 1. The maximum absolute atomic E-state index is 12.1. The number of nitrogens with two attached hydrogens (primary N) is 2. The first-order valence-electron chi connectivity index (χ1n) is 7.27. The Kier molecular flexibility index (Phi) is 6.31. The fourth-order valence-electron chi connectivity index (χ4n) is 1.84. The van der Waals surface area contributed by atoms with Crippen LogP contribution in [0.1, 0.15) is 0 Å². The van der Waals surface area contributed by atoms with Crippen molar-refractivity contribution in [3.05, 3.63) is 79.4 Å². The number of nitrogens with one attached hydrogen (secondary N) is 1. The summed E-state index contributed by atoms with van der Waals surface area (Å²) in [6.07, 6.45) is 8.95. The van der Waals surface area contributed by atoms with Gasteiger partial charge < -0.3 is 5.73 Å². The van der Waals surface area contributed by atoms with E-state index in [1.807, 2.05) is 30.3 Å². The van der Waals surface area contributed by atoms with Crippen LogP contribution in [0.15, 0.2) is 84.4 Å². The van der Waals surface area contributed by atoms with Gasteiger partial charge in [0.15, 0.2) is 0 Å². The smallest absolute Gasteiger partial charge is 0.210 e. The summed E-state index contributed by atoms with van der Waals surface area (Å²) in [6, 6.07) is 12.7. The number of para-hydroxylation sites is 1. The number of allylic oxidation sites excluding steroid dienone is 2. The first-order valence-corrected chi connectivity index (χ1v) is 7.27. The second-order valence-electron chi connectivity index (χ2n) is 4.74. The Morgan fingerprint density at radius 1 is 1.12 bits per heavy atom. The molecule has 0 saturated carbocycles. The molecule has 2 aromatic rings. The van der Waals surface area contributed by atoms with E-state index in [1.54, 1.807) is 36.0 Å². The van der Waals surface area contributed by atoms with Gasteiger partial charge in [-0.25, -0.2) is 4.99 Å². The summed E-state index contributed by atoms with van der Waals surface area (Å²) in [6.45, 7) is 0. The lowest BCUT2D eigenvalue weighted by molar-refractivity contribution is -0.496. The maximum atomic E-state index is 12.1. The van der Waals surface area contributed by atoms with Crippen LogP contribution in [0.5, 0.6) is 0 Å². The highest BCUT2D eigenvalue weighted by atomic mass is 16.1. The Morgan fingerprint density at radius 3 is 2.50 bits per heavy atom. The lowest BCUT2D eigenvalue weighted by atomic mass is 10.1. The van der Waals surface area contributed by atoms with Crippen molar-refractivity contribution in [1.29, 1.82) is 5.41 Å². The molecule has 0 radical (unpaired) electrons. The van der Waals surface area contributed by atoms with Gasteiger partial charge in [0.25, 0.3) is 0 Å². The molecule has 6 heteroatoms. The molecule has 2 rings (SSSR count). The first kappa shape index (κ1) is 17.0. The molecule has 0 fully saturated rings. The minimum absolute atomic E-state index is 0.210. The van der Waals surface area contributed by atoms with Crippen LogP contribution in [0.3, 0.4) is 0 Å². The zero-order valence-electron chi connectivity index (χ0n) is 13.0. The molecule has 1 aromatic heterocycles. The van der Waals surface area contributed by atoms with Gasteiger partial charge in [0, 0.05) is 30.6 Å². The van der Waals surface area contributed by atoms with Crippen molar-refractivity contribution < 1.29 is 10.1 Å². The third-order valence-electron chi connectivity index (χ3n) is 3.00. The molecule has 24 heavy (non-hydrogen) atoms. The monoisotopic (exact) mass is 320 g/mol. The molecule has 1 heterocycles. The molecule has 120 valence electrons. The van der Waals surface area contributed by atoms with Crippen molar-refractivity contribution in [2.24, 2.45) is 10.7 Å². The molecule has 0 saturated heterocycles. The Labute approximate surface area is 140 Å². The lowest BCUT2D eigenvalue weighted by Crippen LogP contribution is -2.71. The second kappa shape index (κ2) is 8.92. The summed E-state index contributed by atoms with van der Waals surface area (Å²) < 4.78 is 0. The second-order valence-corrected chi connectivity index (χ2v) is 4.74. The van der Waals surface area contributed by atoms with Crippen LogP contribution >= 0.6 is 0 Å². The molecular weight excluding hydrogens is 302 g/mol. The number of carbonyl (C=O) groups is 1. The van der Waals surface area contributed by atoms with Gasteiger partial charge in [0.05, 0.1) is 11.4 Å². The van der Waals surface area contributed by atoms with E-state index >= 15 is 0 Å². The molecule has 0 aliphatic carbocycles. The standard InChI is InChI=1S/C18H17N5O/c19-10-6-16(23-15-4-2-1-3-5-15)18(20)17(24)9-13-22-14-7-11-21-12-8-14/h1-13,20H,19H2,(H,21,22)/p+1. The molecule has 0 bridgehead atoms. The molecular formula is C18H18N5O+. The lowest BCUT2D eigenvalue weighted by Gasteiger charge is -2.01. The van der Waals surface area contributed by atoms with Crippen molar-refractivity contribution in [2.45, 2.75) is 0 Å². The van der Waals surface area contributed by atoms with Crippen molar-refractivity contribution in [3.8, 4) is 0 Å². The number of hydrogen-bond acceptors (Lipinski definition) is 5. The van der Waals surface area contributed by atoms with E-state index in [0.717, 1.165) is 5.69 Å². The highest BCUT2D eigenvalue weighted by Crippen LogP contribution is 2.11. The molecule has 0 spiro atoms. The average Bonchev–Trinajstić information content (AvgIpc) is 2.62. The van der Waals surface area contributed by atoms with E-state index in [0.29, 0.717) is 5.69 Å². The summed E-state index contributed by atoms with van der Waals surface area (Å²) >= 11 is 0. The van der Waals surface area contributed by atoms with Crippen LogP contribution in [0.25, 0.3) is 0 Å². The van der Waals surface area contributed by atoms with E-state index in [2.05, 4.69) is 9.98 Å². The molecule has 1 aromatic carbocycles. The van der Waals surface area contributed by atoms with Gasteiger partial charge in [-0.3, -0.25) is 20.5 Å². The number of aromatic nitrogens is 1. The minimum atomic E-state index is -0.451. The number of hydrogen-bond donors (Lipinski definition) is 3. The average molecular weight is 320 g/mol. The number of aliphatic imine (C=N–C) groups is 1. The van der Waals surface area contributed by atoms with Crippen molar-refractivity contribution in [3.63, 3.8) is 0 Å². The van der Waals surface area contributed by atoms with Gasteiger partial charge in [-0.15, -0.1) is 0 Å². The Balaban J connectivity index is 2.09. The van der Waals surface area contributed by atoms with Gasteiger partial charge in [-0.1, -0.05) is 18.2 Å². The summed E-state index contributed by atoms with van der Waals surface area (Å²) in [4.78, 5) is 20.3. The number of rotatable bonds is 7. The third kappa shape index (κ3) is 5.11. The van der Waals surface area contributed by atoms with Crippen LogP contribution in [0.4, 0.5) is 11.4 Å². The molecule has 0 amide bonds.